The molecule has 0 saturated heterocycles. The van der Waals surface area contributed by atoms with Gasteiger partial charge in [0.25, 0.3) is 0 Å². The van der Waals surface area contributed by atoms with Crippen LogP contribution in [0.1, 0.15) is 39.4 Å². The number of rotatable bonds is 6. The van der Waals surface area contributed by atoms with Gasteiger partial charge in [-0.05, 0) is 31.9 Å². The van der Waals surface area contributed by atoms with Gasteiger partial charge in [-0.3, -0.25) is 0 Å². The molecule has 1 unspecified atom stereocenters. The minimum Gasteiger partial charge on any atom is -0.466 e. The van der Waals surface area contributed by atoms with Gasteiger partial charge in [-0.2, -0.15) is 0 Å². The van der Waals surface area contributed by atoms with Crippen LogP contribution in [0.25, 0.3) is 0 Å². The van der Waals surface area contributed by atoms with Crippen LogP contribution in [0, 0.1) is 0 Å². The second-order valence-electron chi connectivity index (χ2n) is 4.59. The predicted molar refractivity (Wildman–Crippen MR) is 69.2 cm³/mol. The van der Waals surface area contributed by atoms with Crippen LogP contribution in [0.4, 0.5) is 4.79 Å². The average Bonchev–Trinajstić information content (AvgIpc) is 2.88. The lowest BCUT2D eigenvalue weighted by Crippen LogP contribution is -2.46. The fourth-order valence-electron chi connectivity index (χ4n) is 1.65. The Hall–Kier alpha value is -1.49. The first kappa shape index (κ1) is 14.6. The summed E-state index contributed by atoms with van der Waals surface area (Å²) in [5.74, 6) is 0.435. The van der Waals surface area contributed by atoms with Gasteiger partial charge in [0.15, 0.2) is 0 Å². The Labute approximate surface area is 108 Å². The van der Waals surface area contributed by atoms with Gasteiger partial charge in [-0.1, -0.05) is 13.8 Å². The van der Waals surface area contributed by atoms with Crippen molar-refractivity contribution in [3.63, 3.8) is 0 Å². The predicted octanol–water partition coefficient (Wildman–Crippen LogP) is 1.97. The Balaban J connectivity index is 2.43. The number of hydrogen-bond donors (Lipinski definition) is 3. The first-order valence-corrected chi connectivity index (χ1v) is 6.30. The van der Waals surface area contributed by atoms with Crippen LogP contribution >= 0.6 is 0 Å². The van der Waals surface area contributed by atoms with Gasteiger partial charge in [0.05, 0.1) is 12.8 Å². The lowest BCUT2D eigenvalue weighted by molar-refractivity contribution is 0.0366. The van der Waals surface area contributed by atoms with E-state index in [2.05, 4.69) is 10.6 Å². The van der Waals surface area contributed by atoms with Crippen LogP contribution in [0.5, 0.6) is 0 Å². The smallest absolute Gasteiger partial charge is 0.315 e. The number of carbonyl (C=O) groups excluding carboxylic acids is 1. The van der Waals surface area contributed by atoms with E-state index in [1.54, 1.807) is 19.1 Å². The van der Waals surface area contributed by atoms with Crippen molar-refractivity contribution in [2.24, 2.45) is 0 Å². The molecule has 5 nitrogen and oxygen atoms in total. The summed E-state index contributed by atoms with van der Waals surface area (Å²) in [7, 11) is 0. The Morgan fingerprint density at radius 1 is 1.50 bits per heavy atom. The van der Waals surface area contributed by atoms with Gasteiger partial charge >= 0.3 is 6.03 Å². The zero-order chi connectivity index (χ0) is 13.6. The highest BCUT2D eigenvalue weighted by molar-refractivity contribution is 5.74. The molecular weight excluding hydrogens is 232 g/mol. The number of aliphatic hydroxyl groups is 1. The van der Waals surface area contributed by atoms with Crippen LogP contribution in [0.2, 0.25) is 0 Å². The van der Waals surface area contributed by atoms with E-state index in [9.17, 15) is 9.90 Å². The van der Waals surface area contributed by atoms with Crippen molar-refractivity contribution in [2.45, 2.75) is 45.3 Å². The second-order valence-corrected chi connectivity index (χ2v) is 4.59. The standard InChI is InChI=1S/C13H22N2O3/c1-4-10(5-2)15-12(16)14-9-13(3,17)11-7-6-8-18-11/h6-8,10,17H,4-5,9H2,1-3H3,(H2,14,15,16). The van der Waals surface area contributed by atoms with Crippen molar-refractivity contribution in [2.75, 3.05) is 6.54 Å². The van der Waals surface area contributed by atoms with Crippen molar-refractivity contribution in [1.82, 2.24) is 10.6 Å². The van der Waals surface area contributed by atoms with Gasteiger partial charge < -0.3 is 20.2 Å². The molecular formula is C13H22N2O3. The number of hydrogen-bond acceptors (Lipinski definition) is 3. The van der Waals surface area contributed by atoms with E-state index >= 15 is 0 Å². The Bertz CT molecular complexity index is 356. The third-order valence-electron chi connectivity index (χ3n) is 2.97. The third kappa shape index (κ3) is 4.07. The highest BCUT2D eigenvalue weighted by Gasteiger charge is 2.26. The molecule has 2 amide bonds. The molecule has 0 aliphatic rings. The minimum absolute atomic E-state index is 0.104. The topological polar surface area (TPSA) is 74.5 Å². The lowest BCUT2D eigenvalue weighted by atomic mass is 10.0. The van der Waals surface area contributed by atoms with E-state index in [4.69, 9.17) is 4.42 Å². The van der Waals surface area contributed by atoms with E-state index in [-0.39, 0.29) is 18.6 Å². The molecule has 0 fully saturated rings. The Morgan fingerprint density at radius 2 is 2.17 bits per heavy atom. The average molecular weight is 254 g/mol. The third-order valence-corrected chi connectivity index (χ3v) is 2.97. The maximum atomic E-state index is 11.6. The van der Waals surface area contributed by atoms with Crippen molar-refractivity contribution >= 4 is 6.03 Å². The van der Waals surface area contributed by atoms with Crippen LogP contribution in [-0.2, 0) is 5.60 Å². The molecule has 5 heteroatoms. The lowest BCUT2D eigenvalue weighted by Gasteiger charge is -2.22. The van der Waals surface area contributed by atoms with Crippen molar-refractivity contribution < 1.29 is 14.3 Å². The maximum Gasteiger partial charge on any atom is 0.315 e. The highest BCUT2D eigenvalue weighted by atomic mass is 16.4. The zero-order valence-electron chi connectivity index (χ0n) is 11.2. The summed E-state index contributed by atoms with van der Waals surface area (Å²) in [6.07, 6.45) is 3.27. The van der Waals surface area contributed by atoms with Gasteiger partial charge in [0.2, 0.25) is 0 Å². The number of urea groups is 1. The normalized spacial score (nSPS) is 14.3. The van der Waals surface area contributed by atoms with E-state index in [0.29, 0.717) is 5.76 Å². The largest absolute Gasteiger partial charge is 0.466 e. The molecule has 1 aromatic rings. The maximum absolute atomic E-state index is 11.6. The minimum atomic E-state index is -1.20. The summed E-state index contributed by atoms with van der Waals surface area (Å²) in [6, 6.07) is 3.28. The number of nitrogens with one attached hydrogen (secondary N) is 2. The molecule has 102 valence electrons. The van der Waals surface area contributed by atoms with Crippen LogP contribution in [0.15, 0.2) is 22.8 Å². The van der Waals surface area contributed by atoms with Crippen LogP contribution < -0.4 is 10.6 Å². The second kappa shape index (κ2) is 6.44. The molecule has 1 aromatic heterocycles. The molecule has 1 rings (SSSR count). The molecule has 0 radical (unpaired) electrons. The van der Waals surface area contributed by atoms with Crippen molar-refractivity contribution in [3.8, 4) is 0 Å². The van der Waals surface area contributed by atoms with Crippen LogP contribution in [-0.4, -0.2) is 23.7 Å². The summed E-state index contributed by atoms with van der Waals surface area (Å²) in [4.78, 5) is 11.6. The van der Waals surface area contributed by atoms with Crippen molar-refractivity contribution in [1.29, 1.82) is 0 Å². The fourth-order valence-corrected chi connectivity index (χ4v) is 1.65. The summed E-state index contributed by atoms with van der Waals surface area (Å²) >= 11 is 0. The molecule has 1 atom stereocenters. The first-order valence-electron chi connectivity index (χ1n) is 6.30. The number of carbonyl (C=O) groups is 1. The summed E-state index contributed by atoms with van der Waals surface area (Å²) in [5, 5.41) is 15.6. The molecule has 0 bridgehead atoms. The van der Waals surface area contributed by atoms with E-state index in [1.807, 2.05) is 13.8 Å². The Morgan fingerprint density at radius 3 is 2.67 bits per heavy atom. The fraction of sp³-hybridized carbons (Fsp3) is 0.615. The van der Waals surface area contributed by atoms with E-state index < -0.39 is 5.60 Å². The van der Waals surface area contributed by atoms with Gasteiger partial charge in [0, 0.05) is 6.04 Å². The van der Waals surface area contributed by atoms with E-state index in [0.717, 1.165) is 12.8 Å². The Kier molecular flexibility index (Phi) is 5.22. The molecule has 18 heavy (non-hydrogen) atoms. The molecule has 0 spiro atoms. The van der Waals surface area contributed by atoms with Crippen molar-refractivity contribution in [3.05, 3.63) is 24.2 Å². The summed E-state index contributed by atoms with van der Waals surface area (Å²) < 4.78 is 5.13. The SMILES string of the molecule is CCC(CC)NC(=O)NCC(C)(O)c1ccco1. The molecule has 0 aliphatic heterocycles. The van der Waals surface area contributed by atoms with Crippen LogP contribution in [0.3, 0.4) is 0 Å². The first-order chi connectivity index (χ1) is 8.49. The van der Waals surface area contributed by atoms with Gasteiger partial charge in [-0.25, -0.2) is 4.79 Å². The summed E-state index contributed by atoms with van der Waals surface area (Å²) in [5.41, 5.74) is -1.20. The molecule has 0 saturated carbocycles. The van der Waals surface area contributed by atoms with Gasteiger partial charge in [-0.15, -0.1) is 0 Å². The molecule has 0 aromatic carbocycles. The quantitative estimate of drug-likeness (QED) is 0.726. The van der Waals surface area contributed by atoms with Gasteiger partial charge in [0.1, 0.15) is 11.4 Å². The van der Waals surface area contributed by atoms with E-state index in [1.165, 1.54) is 6.26 Å². The molecule has 0 aliphatic carbocycles. The molecule has 3 N–H and O–H groups in total. The zero-order valence-corrected chi connectivity index (χ0v) is 11.2. The monoisotopic (exact) mass is 254 g/mol. The summed E-state index contributed by atoms with van der Waals surface area (Å²) in [6.45, 7) is 5.75. The number of amides is 2. The molecule has 1 heterocycles. The highest BCUT2D eigenvalue weighted by Crippen LogP contribution is 2.19. The number of furan rings is 1.